The van der Waals surface area contributed by atoms with Crippen molar-refractivity contribution in [3.05, 3.63) is 222 Å². The van der Waals surface area contributed by atoms with Crippen LogP contribution in [0.5, 0.6) is 0 Å². The standard InChI is InChI=1S/C35H35F2N3O3.C31H28F2N2O4/c36-26-11-14-28(15-12-26)40-29(5-1-2-7-33(41)38-21-22-8-9-22)20-25-18-24(10-16-31(25)35(40)43)34(42)39-32-6-3-4-23-19-27(37)13-17-30(23)32;32-22-9-12-24(13-10-22)35-25(5-1-2-7-29(36)37)18-21-16-20(8-14-27(21)31(35)39)30(38)34-28-6-3-4-19-17-23(33)11-15-26(19)28/h10-20,22,32H,1-9,21H2,(H,38,41)(H,39,42);8-18,28H,1-7H2,(H,34,38)(H,36,37)/t32-;28-/m11/s1. The van der Waals surface area contributed by atoms with Crippen molar-refractivity contribution in [1.82, 2.24) is 25.1 Å². The Labute approximate surface area is 471 Å². The largest absolute Gasteiger partial charge is 0.481 e. The number of aryl methyl sites for hydroxylation is 4. The fraction of sp³-hybridized carbons (Fsp3) is 0.303. The van der Waals surface area contributed by atoms with Gasteiger partial charge < -0.3 is 21.1 Å². The molecule has 3 amide bonds. The van der Waals surface area contributed by atoms with Gasteiger partial charge in [-0.05, 0) is 250 Å². The number of aliphatic carboxylic acids is 1. The minimum atomic E-state index is -0.884. The lowest BCUT2D eigenvalue weighted by atomic mass is 9.87. The van der Waals surface area contributed by atoms with Crippen LogP contribution >= 0.6 is 0 Å². The topological polar surface area (TPSA) is 169 Å². The molecule has 1 saturated carbocycles. The SMILES string of the molecule is O=C(CCCCc1cc2cc(C(=O)N[C@@H]3CCCc4cc(F)ccc43)ccc2c(=O)n1-c1ccc(F)cc1)NCC1CC1.O=C(O)CCCCc1cc2cc(C(=O)N[C@@H]3CCCc4cc(F)ccc43)ccc2c(=O)n1-c1ccc(F)cc1. The van der Waals surface area contributed by atoms with E-state index in [2.05, 4.69) is 16.0 Å². The first-order valence-corrected chi connectivity index (χ1v) is 28.2. The summed E-state index contributed by atoms with van der Waals surface area (Å²) >= 11 is 0. The van der Waals surface area contributed by atoms with Crippen LogP contribution in [0.4, 0.5) is 17.6 Å². The second kappa shape index (κ2) is 25.4. The van der Waals surface area contributed by atoms with Gasteiger partial charge in [0.1, 0.15) is 23.3 Å². The number of nitrogens with zero attached hydrogens (tertiary/aromatic N) is 2. The van der Waals surface area contributed by atoms with E-state index in [0.717, 1.165) is 73.0 Å². The number of pyridine rings is 2. The molecule has 2 aromatic heterocycles. The first-order valence-electron chi connectivity index (χ1n) is 28.2. The molecule has 0 aliphatic heterocycles. The van der Waals surface area contributed by atoms with Crippen molar-refractivity contribution < 1.29 is 41.8 Å². The van der Waals surface area contributed by atoms with Crippen molar-refractivity contribution in [2.24, 2.45) is 5.92 Å². The smallest absolute Gasteiger partial charge is 0.303 e. The van der Waals surface area contributed by atoms with Crippen molar-refractivity contribution in [2.75, 3.05) is 6.54 Å². The third-order valence-corrected chi connectivity index (χ3v) is 15.8. The van der Waals surface area contributed by atoms with Crippen LogP contribution in [-0.4, -0.2) is 44.5 Å². The highest BCUT2D eigenvalue weighted by atomic mass is 19.1. The Morgan fingerprint density at radius 1 is 0.500 bits per heavy atom. The molecule has 6 aromatic carbocycles. The fourth-order valence-electron chi connectivity index (χ4n) is 11.3. The van der Waals surface area contributed by atoms with Crippen molar-refractivity contribution in [3.63, 3.8) is 0 Å². The number of amides is 3. The van der Waals surface area contributed by atoms with Gasteiger partial charge in [0.25, 0.3) is 22.9 Å². The molecule has 0 saturated heterocycles. The number of carbonyl (C=O) groups is 4. The minimum absolute atomic E-state index is 0.0234. The lowest BCUT2D eigenvalue weighted by molar-refractivity contribution is -0.137. The maximum absolute atomic E-state index is 13.8. The van der Waals surface area contributed by atoms with E-state index in [1.165, 1.54) is 78.1 Å². The van der Waals surface area contributed by atoms with Gasteiger partial charge in [-0.2, -0.15) is 0 Å². The van der Waals surface area contributed by atoms with Crippen molar-refractivity contribution in [2.45, 2.75) is 115 Å². The van der Waals surface area contributed by atoms with Gasteiger partial charge in [0.2, 0.25) is 5.91 Å². The molecule has 3 aliphatic carbocycles. The second-order valence-corrected chi connectivity index (χ2v) is 21.7. The molecule has 1 fully saturated rings. The Bertz CT molecular complexity index is 3840. The van der Waals surface area contributed by atoms with Gasteiger partial charge in [-0.3, -0.25) is 37.9 Å². The van der Waals surface area contributed by atoms with Gasteiger partial charge in [-0.25, -0.2) is 17.6 Å². The molecule has 16 heteroatoms. The van der Waals surface area contributed by atoms with Gasteiger partial charge in [0.15, 0.2) is 0 Å². The normalized spacial score (nSPS) is 15.4. The number of aromatic nitrogens is 2. The summed E-state index contributed by atoms with van der Waals surface area (Å²) in [5.41, 5.74) is 6.37. The van der Waals surface area contributed by atoms with Crippen LogP contribution in [0.1, 0.15) is 143 Å². The molecule has 2 heterocycles. The lowest BCUT2D eigenvalue weighted by Crippen LogP contribution is -2.31. The number of hydrogen-bond acceptors (Lipinski definition) is 6. The number of carbonyl (C=O) groups excluding carboxylic acids is 3. The monoisotopic (exact) mass is 1110 g/mol. The first kappa shape index (κ1) is 56.6. The summed E-state index contributed by atoms with van der Waals surface area (Å²) in [5, 5.41) is 20.2. The molecule has 0 unspecified atom stereocenters. The Kier molecular flexibility index (Phi) is 17.6. The zero-order valence-corrected chi connectivity index (χ0v) is 45.3. The van der Waals surface area contributed by atoms with Gasteiger partial charge >= 0.3 is 5.97 Å². The number of unbranched alkanes of at least 4 members (excludes halogenated alkanes) is 2. The van der Waals surface area contributed by atoms with Crippen LogP contribution in [0, 0.1) is 29.2 Å². The van der Waals surface area contributed by atoms with E-state index in [9.17, 15) is 46.3 Å². The van der Waals surface area contributed by atoms with Crippen molar-refractivity contribution >= 4 is 45.2 Å². The van der Waals surface area contributed by atoms with E-state index in [1.807, 2.05) is 12.1 Å². The molecule has 3 aliphatic rings. The highest BCUT2D eigenvalue weighted by Gasteiger charge is 2.26. The Hall–Kier alpha value is -8.66. The highest BCUT2D eigenvalue weighted by Crippen LogP contribution is 2.33. The number of carboxylic acids is 1. The molecule has 4 N–H and O–H groups in total. The van der Waals surface area contributed by atoms with Crippen LogP contribution in [0.25, 0.3) is 32.9 Å². The molecule has 8 aromatic rings. The predicted octanol–water partition coefficient (Wildman–Crippen LogP) is 12.2. The molecule has 0 radical (unpaired) electrons. The molecule has 82 heavy (non-hydrogen) atoms. The average Bonchev–Trinajstić information content (AvgIpc) is 4.36. The summed E-state index contributed by atoms with van der Waals surface area (Å²) in [5.74, 6) is -2.14. The number of hydrogen-bond donors (Lipinski definition) is 4. The first-order chi connectivity index (χ1) is 39.6. The second-order valence-electron chi connectivity index (χ2n) is 21.7. The number of rotatable bonds is 18. The van der Waals surface area contributed by atoms with E-state index in [1.54, 1.807) is 65.2 Å². The van der Waals surface area contributed by atoms with Gasteiger partial charge in [0, 0.05) is 64.0 Å². The molecule has 422 valence electrons. The van der Waals surface area contributed by atoms with E-state index in [4.69, 9.17) is 5.11 Å². The third kappa shape index (κ3) is 13.6. The number of nitrogens with one attached hydrogen (secondary N) is 3. The van der Waals surface area contributed by atoms with E-state index >= 15 is 0 Å². The summed E-state index contributed by atoms with van der Waals surface area (Å²) < 4.78 is 57.8. The number of fused-ring (bicyclic) bond motifs is 4. The van der Waals surface area contributed by atoms with E-state index in [-0.39, 0.29) is 59.0 Å². The summed E-state index contributed by atoms with van der Waals surface area (Å²) in [6.07, 6.45) is 10.9. The van der Waals surface area contributed by atoms with Crippen molar-refractivity contribution in [3.8, 4) is 11.4 Å². The maximum Gasteiger partial charge on any atom is 0.303 e. The Balaban J connectivity index is 0.000000185. The number of carboxylic acid groups (broad SMARTS) is 1. The zero-order valence-electron chi connectivity index (χ0n) is 45.3. The minimum Gasteiger partial charge on any atom is -0.481 e. The van der Waals surface area contributed by atoms with Gasteiger partial charge in [-0.1, -0.05) is 12.1 Å². The molecule has 0 bridgehead atoms. The zero-order chi connectivity index (χ0) is 57.4. The predicted molar refractivity (Wildman–Crippen MR) is 307 cm³/mol. The highest BCUT2D eigenvalue weighted by molar-refractivity contribution is 6.00. The van der Waals surface area contributed by atoms with Crippen LogP contribution < -0.4 is 27.1 Å². The molecule has 12 nitrogen and oxygen atoms in total. The molecular weight excluding hydrogens is 1050 g/mol. The van der Waals surface area contributed by atoms with Crippen LogP contribution in [-0.2, 0) is 35.3 Å². The number of benzene rings is 6. The molecular formula is C66H63F4N5O7. The molecule has 11 rings (SSSR count). The maximum atomic E-state index is 13.8. The average molecular weight is 1110 g/mol. The Morgan fingerprint density at radius 2 is 0.939 bits per heavy atom. The number of halogens is 4. The summed E-state index contributed by atoms with van der Waals surface area (Å²) in [6, 6.07) is 34.0. The third-order valence-electron chi connectivity index (χ3n) is 15.8. The van der Waals surface area contributed by atoms with Crippen LogP contribution in [0.2, 0.25) is 0 Å². The fourth-order valence-corrected chi connectivity index (χ4v) is 11.3. The van der Waals surface area contributed by atoms with Gasteiger partial charge in [-0.15, -0.1) is 0 Å². The molecule has 2 atom stereocenters. The quantitative estimate of drug-likeness (QED) is 0.0490. The Morgan fingerprint density at radius 3 is 1.38 bits per heavy atom. The summed E-state index contributed by atoms with van der Waals surface area (Å²) in [6.45, 7) is 0.745. The van der Waals surface area contributed by atoms with Crippen molar-refractivity contribution in [1.29, 1.82) is 0 Å². The lowest BCUT2D eigenvalue weighted by Gasteiger charge is -2.26. The summed E-state index contributed by atoms with van der Waals surface area (Å²) in [4.78, 5) is 77.1. The van der Waals surface area contributed by atoms with E-state index < -0.39 is 17.6 Å². The molecule has 0 spiro atoms. The van der Waals surface area contributed by atoms with Crippen LogP contribution in [0.15, 0.2) is 143 Å². The van der Waals surface area contributed by atoms with Gasteiger partial charge in [0.05, 0.1) is 12.1 Å². The van der Waals surface area contributed by atoms with E-state index in [0.29, 0.717) is 101 Å². The van der Waals surface area contributed by atoms with Crippen LogP contribution in [0.3, 0.4) is 0 Å². The summed E-state index contributed by atoms with van der Waals surface area (Å²) in [7, 11) is 0.